The number of fused-ring (bicyclic) bond motifs is 1. The molecular weight excluding hydrogens is 370 g/mol. The number of carbonyl (C=O) groups excluding carboxylic acids is 1. The van der Waals surface area contributed by atoms with Crippen molar-refractivity contribution in [2.75, 3.05) is 51.0 Å². The van der Waals surface area contributed by atoms with Crippen LogP contribution in [-0.2, 0) is 0 Å². The van der Waals surface area contributed by atoms with Crippen LogP contribution in [0.1, 0.15) is 10.4 Å². The zero-order valence-corrected chi connectivity index (χ0v) is 16.5. The lowest BCUT2D eigenvalue weighted by molar-refractivity contribution is 0.0746. The third kappa shape index (κ3) is 3.61. The van der Waals surface area contributed by atoms with Crippen LogP contribution in [0.2, 0.25) is 0 Å². The van der Waals surface area contributed by atoms with Crippen LogP contribution in [0.4, 0.5) is 11.8 Å². The van der Waals surface area contributed by atoms with Crippen molar-refractivity contribution < 1.29 is 14.3 Å². The van der Waals surface area contributed by atoms with Crippen LogP contribution in [0.5, 0.6) is 11.5 Å². The monoisotopic (exact) mass is 393 g/mol. The molecule has 1 aromatic heterocycles. The first kappa shape index (κ1) is 18.8. The standard InChI is InChI=1S/C21H23N5O3/c1-28-17-12-15-16(13-18(17)29-2)23-21(24-19(15)22)26-10-8-25(9-11-26)20(27)14-6-4-3-5-7-14/h3-7,12-13H,8-11H2,1-2H3,(H2,22,23,24). The van der Waals surface area contributed by atoms with Gasteiger partial charge < -0.3 is 25.0 Å². The van der Waals surface area contributed by atoms with Crippen molar-refractivity contribution in [2.24, 2.45) is 0 Å². The van der Waals surface area contributed by atoms with Crippen molar-refractivity contribution >= 4 is 28.6 Å². The molecule has 1 fully saturated rings. The number of nitrogens with two attached hydrogens (primary N) is 1. The minimum atomic E-state index is 0.0426. The van der Waals surface area contributed by atoms with Gasteiger partial charge in [0.05, 0.1) is 19.7 Å². The van der Waals surface area contributed by atoms with Gasteiger partial charge in [0.25, 0.3) is 5.91 Å². The number of amides is 1. The van der Waals surface area contributed by atoms with Gasteiger partial charge >= 0.3 is 0 Å². The molecule has 0 atom stereocenters. The minimum absolute atomic E-state index is 0.0426. The zero-order chi connectivity index (χ0) is 20.4. The molecule has 0 aliphatic carbocycles. The molecule has 8 heteroatoms. The molecule has 1 aliphatic rings. The summed E-state index contributed by atoms with van der Waals surface area (Å²) in [5.74, 6) is 2.14. The molecule has 0 radical (unpaired) electrons. The van der Waals surface area contributed by atoms with E-state index in [1.807, 2.05) is 40.1 Å². The van der Waals surface area contributed by atoms with E-state index in [0.717, 1.165) is 0 Å². The highest BCUT2D eigenvalue weighted by Gasteiger charge is 2.24. The van der Waals surface area contributed by atoms with Gasteiger partial charge in [-0.1, -0.05) is 18.2 Å². The van der Waals surface area contributed by atoms with Crippen LogP contribution >= 0.6 is 0 Å². The van der Waals surface area contributed by atoms with Crippen LogP contribution < -0.4 is 20.1 Å². The number of rotatable bonds is 4. The number of aromatic nitrogens is 2. The van der Waals surface area contributed by atoms with Crippen molar-refractivity contribution in [3.05, 3.63) is 48.0 Å². The van der Waals surface area contributed by atoms with E-state index in [-0.39, 0.29) is 5.91 Å². The SMILES string of the molecule is COc1cc2nc(N3CCN(C(=O)c4ccccc4)CC3)nc(N)c2cc1OC. The largest absolute Gasteiger partial charge is 0.493 e. The molecule has 0 spiro atoms. The molecule has 1 aliphatic heterocycles. The van der Waals surface area contributed by atoms with Crippen molar-refractivity contribution in [3.63, 3.8) is 0 Å². The Morgan fingerprint density at radius 2 is 1.62 bits per heavy atom. The lowest BCUT2D eigenvalue weighted by Crippen LogP contribution is -2.49. The lowest BCUT2D eigenvalue weighted by atomic mass is 10.2. The molecule has 3 aromatic rings. The number of nitrogens with zero attached hydrogens (tertiary/aromatic N) is 4. The molecule has 2 N–H and O–H groups in total. The fraction of sp³-hybridized carbons (Fsp3) is 0.286. The number of nitrogen functional groups attached to an aromatic ring is 1. The topological polar surface area (TPSA) is 93.8 Å². The van der Waals surface area contributed by atoms with Crippen LogP contribution in [0.25, 0.3) is 10.9 Å². The molecule has 1 saturated heterocycles. The molecule has 2 aromatic carbocycles. The van der Waals surface area contributed by atoms with E-state index in [1.54, 1.807) is 26.4 Å². The Labute approximate surface area is 168 Å². The van der Waals surface area contributed by atoms with E-state index in [4.69, 9.17) is 15.2 Å². The number of carbonyl (C=O) groups is 1. The molecule has 29 heavy (non-hydrogen) atoms. The highest BCUT2D eigenvalue weighted by atomic mass is 16.5. The number of anilines is 2. The molecule has 1 amide bonds. The predicted octanol–water partition coefficient (Wildman–Crippen LogP) is 2.19. The Kier molecular flexibility index (Phi) is 5.07. The molecule has 4 rings (SSSR count). The normalized spacial score (nSPS) is 14.1. The van der Waals surface area contributed by atoms with Gasteiger partial charge in [-0.25, -0.2) is 4.98 Å². The summed E-state index contributed by atoms with van der Waals surface area (Å²) in [4.78, 5) is 25.7. The van der Waals surface area contributed by atoms with Gasteiger partial charge in [0, 0.05) is 43.2 Å². The molecule has 0 bridgehead atoms. The quantitative estimate of drug-likeness (QED) is 0.726. The fourth-order valence-corrected chi connectivity index (χ4v) is 3.48. The smallest absolute Gasteiger partial charge is 0.253 e. The van der Waals surface area contributed by atoms with E-state index >= 15 is 0 Å². The molecule has 2 heterocycles. The summed E-state index contributed by atoms with van der Waals surface area (Å²) in [6.45, 7) is 2.47. The van der Waals surface area contributed by atoms with Gasteiger partial charge in [0.15, 0.2) is 11.5 Å². The maximum Gasteiger partial charge on any atom is 0.253 e. The molecule has 0 unspecified atom stereocenters. The Morgan fingerprint density at radius 1 is 0.966 bits per heavy atom. The second-order valence-electron chi connectivity index (χ2n) is 6.78. The summed E-state index contributed by atoms with van der Waals surface area (Å²) in [5, 5.41) is 0.712. The van der Waals surface area contributed by atoms with Crippen LogP contribution in [-0.4, -0.2) is 61.2 Å². The maximum absolute atomic E-state index is 12.6. The van der Waals surface area contributed by atoms with Gasteiger partial charge in [-0.05, 0) is 18.2 Å². The van der Waals surface area contributed by atoms with E-state index in [2.05, 4.69) is 9.97 Å². The number of piperazine rings is 1. The lowest BCUT2D eigenvalue weighted by Gasteiger charge is -2.35. The minimum Gasteiger partial charge on any atom is -0.493 e. The number of benzene rings is 2. The van der Waals surface area contributed by atoms with Crippen LogP contribution in [0.3, 0.4) is 0 Å². The average Bonchev–Trinajstić information content (AvgIpc) is 2.78. The van der Waals surface area contributed by atoms with Crippen LogP contribution in [0, 0.1) is 0 Å². The Hall–Kier alpha value is -3.55. The first-order chi connectivity index (χ1) is 14.1. The van der Waals surface area contributed by atoms with Gasteiger partial charge in [0.2, 0.25) is 5.95 Å². The summed E-state index contributed by atoms with van der Waals surface area (Å²) in [5.41, 5.74) is 7.58. The van der Waals surface area contributed by atoms with Crippen molar-refractivity contribution in [3.8, 4) is 11.5 Å². The third-order valence-electron chi connectivity index (χ3n) is 5.09. The van der Waals surface area contributed by atoms with Crippen molar-refractivity contribution in [1.29, 1.82) is 0 Å². The third-order valence-corrected chi connectivity index (χ3v) is 5.09. The summed E-state index contributed by atoms with van der Waals surface area (Å²) in [6.07, 6.45) is 0. The second kappa shape index (κ2) is 7.83. The van der Waals surface area contributed by atoms with E-state index in [9.17, 15) is 4.79 Å². The first-order valence-corrected chi connectivity index (χ1v) is 9.39. The van der Waals surface area contributed by atoms with Crippen molar-refractivity contribution in [1.82, 2.24) is 14.9 Å². The summed E-state index contributed by atoms with van der Waals surface area (Å²) in [6, 6.07) is 12.9. The fourth-order valence-electron chi connectivity index (χ4n) is 3.48. The number of hydrogen-bond donors (Lipinski definition) is 1. The van der Waals surface area contributed by atoms with Crippen molar-refractivity contribution in [2.45, 2.75) is 0 Å². The van der Waals surface area contributed by atoms with Gasteiger partial charge in [0.1, 0.15) is 5.82 Å². The molecule has 0 saturated carbocycles. The average molecular weight is 393 g/mol. The predicted molar refractivity (Wildman–Crippen MR) is 112 cm³/mol. The van der Waals surface area contributed by atoms with E-state index in [1.165, 1.54) is 0 Å². The van der Waals surface area contributed by atoms with Gasteiger partial charge in [-0.2, -0.15) is 4.98 Å². The van der Waals surface area contributed by atoms with Crippen LogP contribution in [0.15, 0.2) is 42.5 Å². The Balaban J connectivity index is 1.54. The van der Waals surface area contributed by atoms with E-state index in [0.29, 0.717) is 65.9 Å². The summed E-state index contributed by atoms with van der Waals surface area (Å²) >= 11 is 0. The number of ether oxygens (including phenoxy) is 2. The zero-order valence-electron chi connectivity index (χ0n) is 16.5. The summed E-state index contributed by atoms with van der Waals surface area (Å²) in [7, 11) is 3.16. The number of methoxy groups -OCH3 is 2. The second-order valence-corrected chi connectivity index (χ2v) is 6.78. The highest BCUT2D eigenvalue weighted by Crippen LogP contribution is 2.34. The van der Waals surface area contributed by atoms with Gasteiger partial charge in [-0.15, -0.1) is 0 Å². The van der Waals surface area contributed by atoms with Gasteiger partial charge in [-0.3, -0.25) is 4.79 Å². The molecular formula is C21H23N5O3. The van der Waals surface area contributed by atoms with E-state index < -0.39 is 0 Å². The molecule has 150 valence electrons. The number of hydrogen-bond acceptors (Lipinski definition) is 7. The Morgan fingerprint density at radius 3 is 2.28 bits per heavy atom. The molecule has 8 nitrogen and oxygen atoms in total. The Bertz CT molecular complexity index is 1030. The summed E-state index contributed by atoms with van der Waals surface area (Å²) < 4.78 is 10.7. The highest BCUT2D eigenvalue weighted by molar-refractivity contribution is 5.94. The maximum atomic E-state index is 12.6. The first-order valence-electron chi connectivity index (χ1n) is 9.39.